The molecule has 37 heavy (non-hydrogen) atoms. The number of allylic oxidation sites excluding steroid dienone is 4. The van der Waals surface area contributed by atoms with Crippen LogP contribution < -0.4 is 15.4 Å². The molecule has 1 fully saturated rings. The molecule has 2 N–H and O–H groups in total. The molecule has 2 aliphatic carbocycles. The van der Waals surface area contributed by atoms with Crippen molar-refractivity contribution in [3.05, 3.63) is 75.8 Å². The first-order valence-electron chi connectivity index (χ1n) is 13.0. The van der Waals surface area contributed by atoms with Crippen molar-refractivity contribution in [2.45, 2.75) is 56.8 Å². The number of hydrogen-bond acceptors (Lipinski definition) is 3. The summed E-state index contributed by atoms with van der Waals surface area (Å²) in [5.41, 5.74) is 2.86. The average Bonchev–Trinajstić information content (AvgIpc) is 3.15. The number of rotatable bonds is 7. The van der Waals surface area contributed by atoms with Crippen molar-refractivity contribution in [2.24, 2.45) is 11.8 Å². The van der Waals surface area contributed by atoms with Crippen LogP contribution in [0.2, 0.25) is 5.02 Å². The summed E-state index contributed by atoms with van der Waals surface area (Å²) in [5, 5.41) is 7.58. The smallest absolute Gasteiger partial charge is 0.235 e. The van der Waals surface area contributed by atoms with Gasteiger partial charge >= 0.3 is 0 Å². The quantitative estimate of drug-likeness (QED) is 0.381. The van der Waals surface area contributed by atoms with E-state index in [9.17, 15) is 9.59 Å². The van der Waals surface area contributed by atoms with E-state index in [1.165, 1.54) is 0 Å². The normalized spacial score (nSPS) is 25.0. The van der Waals surface area contributed by atoms with Crippen LogP contribution in [-0.2, 0) is 15.0 Å². The lowest BCUT2D eigenvalue weighted by Crippen LogP contribution is -2.44. The highest BCUT2D eigenvalue weighted by molar-refractivity contribution is 6.31. The Labute approximate surface area is 228 Å². The summed E-state index contributed by atoms with van der Waals surface area (Å²) in [6.45, 7) is 0. The van der Waals surface area contributed by atoms with Crippen LogP contribution >= 0.6 is 23.2 Å². The molecule has 194 valence electrons. The molecular formula is C30H32Cl2N2O3. The van der Waals surface area contributed by atoms with E-state index < -0.39 is 5.41 Å². The van der Waals surface area contributed by atoms with Gasteiger partial charge in [-0.25, -0.2) is 0 Å². The van der Waals surface area contributed by atoms with Gasteiger partial charge in [-0.15, -0.1) is 0 Å². The van der Waals surface area contributed by atoms with E-state index in [2.05, 4.69) is 16.7 Å². The second-order valence-electron chi connectivity index (χ2n) is 10.4. The Morgan fingerprint density at radius 2 is 2.03 bits per heavy atom. The lowest BCUT2D eigenvalue weighted by Gasteiger charge is -2.41. The van der Waals surface area contributed by atoms with Crippen LogP contribution in [0.5, 0.6) is 5.75 Å². The van der Waals surface area contributed by atoms with Gasteiger partial charge in [0.15, 0.2) is 0 Å². The van der Waals surface area contributed by atoms with Crippen molar-refractivity contribution < 1.29 is 14.3 Å². The van der Waals surface area contributed by atoms with Crippen molar-refractivity contribution in [3.8, 4) is 5.75 Å². The van der Waals surface area contributed by atoms with Crippen LogP contribution in [0.4, 0.5) is 11.4 Å². The molecule has 0 saturated heterocycles. The fraction of sp³-hybridized carbons (Fsp3) is 0.400. The molecule has 1 aliphatic heterocycles. The summed E-state index contributed by atoms with van der Waals surface area (Å²) >= 11 is 12.7. The molecule has 2 aromatic carbocycles. The Bertz CT molecular complexity index is 1270. The number of fused-ring (bicyclic) bond motifs is 1. The molecule has 2 aromatic rings. The van der Waals surface area contributed by atoms with Crippen LogP contribution in [0, 0.1) is 11.8 Å². The second-order valence-corrected chi connectivity index (χ2v) is 11.3. The standard InChI is InChI=1S/C30H32Cl2N2O3/c1-37-27-11-3-2-10-25(27)33-28(35)16-19-6-4-8-21(14-19)30(18-20-7-5-9-22(31)15-20)24-13-12-23(32)17-26(24)34-29(30)36/h2-3,7,10-13,15,17,19,21H,4-6,8-9,14,16,18H2,1H3,(H,33,35)(H,34,36). The van der Waals surface area contributed by atoms with Gasteiger partial charge in [0.25, 0.3) is 0 Å². The summed E-state index contributed by atoms with van der Waals surface area (Å²) in [5.74, 6) is 0.917. The van der Waals surface area contributed by atoms with Gasteiger partial charge in [0.1, 0.15) is 5.75 Å². The number of carbonyl (C=O) groups excluding carboxylic acids is 2. The molecule has 1 heterocycles. The van der Waals surface area contributed by atoms with E-state index in [4.69, 9.17) is 27.9 Å². The molecule has 3 atom stereocenters. The number of methoxy groups -OCH3 is 1. The van der Waals surface area contributed by atoms with E-state index >= 15 is 0 Å². The number of carbonyl (C=O) groups is 2. The summed E-state index contributed by atoms with van der Waals surface area (Å²) in [6, 6.07) is 13.1. The van der Waals surface area contributed by atoms with Gasteiger partial charge in [-0.05, 0) is 91.8 Å². The average molecular weight is 540 g/mol. The first-order valence-corrected chi connectivity index (χ1v) is 13.7. The Hall–Kier alpha value is -2.76. The molecule has 0 aromatic heterocycles. The number of nitrogens with one attached hydrogen (secondary N) is 2. The second kappa shape index (κ2) is 10.9. The minimum atomic E-state index is -0.714. The monoisotopic (exact) mass is 538 g/mol. The summed E-state index contributed by atoms with van der Waals surface area (Å²) < 4.78 is 5.38. The third kappa shape index (κ3) is 5.30. The van der Waals surface area contributed by atoms with Crippen molar-refractivity contribution >= 4 is 46.4 Å². The Morgan fingerprint density at radius 1 is 1.19 bits per heavy atom. The highest BCUT2D eigenvalue weighted by Gasteiger charge is 2.53. The zero-order chi connectivity index (χ0) is 26.0. The molecule has 0 spiro atoms. The predicted molar refractivity (Wildman–Crippen MR) is 149 cm³/mol. The van der Waals surface area contributed by atoms with Crippen molar-refractivity contribution in [1.29, 1.82) is 0 Å². The van der Waals surface area contributed by atoms with Crippen LogP contribution in [0.15, 0.2) is 65.2 Å². The first-order chi connectivity index (χ1) is 17.9. The van der Waals surface area contributed by atoms with Crippen molar-refractivity contribution in [2.75, 3.05) is 17.7 Å². The fourth-order valence-corrected chi connectivity index (χ4v) is 6.82. The Kier molecular flexibility index (Phi) is 7.64. The topological polar surface area (TPSA) is 67.4 Å². The number of hydrogen-bond donors (Lipinski definition) is 2. The molecule has 3 unspecified atom stereocenters. The minimum Gasteiger partial charge on any atom is -0.495 e. The summed E-state index contributed by atoms with van der Waals surface area (Å²) in [4.78, 5) is 26.8. The number of amides is 2. The number of ether oxygens (including phenoxy) is 1. The third-order valence-electron chi connectivity index (χ3n) is 8.07. The Balaban J connectivity index is 1.40. The molecule has 0 bridgehead atoms. The van der Waals surface area contributed by atoms with E-state index in [1.54, 1.807) is 7.11 Å². The molecule has 0 radical (unpaired) electrons. The molecule has 1 saturated carbocycles. The van der Waals surface area contributed by atoms with Crippen LogP contribution in [-0.4, -0.2) is 18.9 Å². The van der Waals surface area contributed by atoms with E-state index in [0.717, 1.165) is 60.4 Å². The zero-order valence-electron chi connectivity index (χ0n) is 21.0. The van der Waals surface area contributed by atoms with Gasteiger partial charge in [-0.2, -0.15) is 0 Å². The van der Waals surface area contributed by atoms with Crippen LogP contribution in [0.3, 0.4) is 0 Å². The maximum atomic E-state index is 13.8. The highest BCUT2D eigenvalue weighted by Crippen LogP contribution is 2.53. The van der Waals surface area contributed by atoms with Gasteiger partial charge in [0.05, 0.1) is 18.2 Å². The molecular weight excluding hydrogens is 507 g/mol. The van der Waals surface area contributed by atoms with Gasteiger partial charge in [0, 0.05) is 22.2 Å². The largest absolute Gasteiger partial charge is 0.495 e. The molecule has 5 rings (SSSR count). The van der Waals surface area contributed by atoms with E-state index in [-0.39, 0.29) is 23.7 Å². The molecule has 3 aliphatic rings. The van der Waals surface area contributed by atoms with Crippen molar-refractivity contribution in [3.63, 3.8) is 0 Å². The Morgan fingerprint density at radius 3 is 2.84 bits per heavy atom. The third-order valence-corrected chi connectivity index (χ3v) is 8.60. The molecule has 2 amide bonds. The first kappa shape index (κ1) is 25.9. The summed E-state index contributed by atoms with van der Waals surface area (Å²) in [7, 11) is 1.60. The number of anilines is 2. The SMILES string of the molecule is COc1ccccc1NC(=O)CC1CCCC(C2(CC3=CCCC(Cl)=C3)C(=O)Nc3cc(Cl)ccc32)C1. The lowest BCUT2D eigenvalue weighted by molar-refractivity contribution is -0.123. The van der Waals surface area contributed by atoms with Crippen molar-refractivity contribution in [1.82, 2.24) is 0 Å². The zero-order valence-corrected chi connectivity index (χ0v) is 22.5. The maximum Gasteiger partial charge on any atom is 0.235 e. The highest BCUT2D eigenvalue weighted by atomic mass is 35.5. The van der Waals surface area contributed by atoms with Gasteiger partial charge in [0.2, 0.25) is 11.8 Å². The maximum absolute atomic E-state index is 13.8. The lowest BCUT2D eigenvalue weighted by atomic mass is 9.60. The van der Waals surface area contributed by atoms with Gasteiger partial charge < -0.3 is 15.4 Å². The minimum absolute atomic E-state index is 0.0184. The fourth-order valence-electron chi connectivity index (χ4n) is 6.40. The number of halogens is 2. The summed E-state index contributed by atoms with van der Waals surface area (Å²) in [6.07, 6.45) is 10.6. The van der Waals surface area contributed by atoms with Crippen LogP contribution in [0.25, 0.3) is 0 Å². The van der Waals surface area contributed by atoms with E-state index in [1.807, 2.05) is 48.5 Å². The van der Waals surface area contributed by atoms with Gasteiger partial charge in [-0.3, -0.25) is 9.59 Å². The molecule has 7 heteroatoms. The molecule has 5 nitrogen and oxygen atoms in total. The van der Waals surface area contributed by atoms with Crippen LogP contribution in [0.1, 0.15) is 56.9 Å². The predicted octanol–water partition coefficient (Wildman–Crippen LogP) is 7.61. The number of para-hydroxylation sites is 2. The number of benzene rings is 2. The van der Waals surface area contributed by atoms with E-state index in [0.29, 0.717) is 29.3 Å². The van der Waals surface area contributed by atoms with Gasteiger partial charge in [-0.1, -0.05) is 53.9 Å².